The van der Waals surface area contributed by atoms with Gasteiger partial charge in [0.15, 0.2) is 0 Å². The number of halogens is 1. The van der Waals surface area contributed by atoms with Crippen molar-refractivity contribution in [2.24, 2.45) is 5.92 Å². The van der Waals surface area contributed by atoms with Crippen LogP contribution >= 0.6 is 11.6 Å². The third kappa shape index (κ3) is 5.34. The lowest BCUT2D eigenvalue weighted by Gasteiger charge is -2.21. The zero-order valence-corrected chi connectivity index (χ0v) is 14.3. The van der Waals surface area contributed by atoms with E-state index in [2.05, 4.69) is 46.0 Å². The van der Waals surface area contributed by atoms with Gasteiger partial charge in [-0.1, -0.05) is 39.3 Å². The van der Waals surface area contributed by atoms with Crippen LogP contribution in [0.5, 0.6) is 5.75 Å². The normalized spacial score (nSPS) is 13.1. The Morgan fingerprint density at radius 2 is 1.75 bits per heavy atom. The summed E-state index contributed by atoms with van der Waals surface area (Å²) in [7, 11) is 0. The molecule has 0 heterocycles. The third-order valence-electron chi connectivity index (χ3n) is 3.23. The third-order valence-corrected chi connectivity index (χ3v) is 3.63. The molecule has 0 aliphatic carbocycles. The molecule has 0 radical (unpaired) electrons. The second kappa shape index (κ2) is 7.90. The van der Waals surface area contributed by atoms with Gasteiger partial charge in [-0.15, -0.1) is 0 Å². The zero-order chi connectivity index (χ0) is 15.3. The fraction of sp³-hybridized carbons (Fsp3) is 0.647. The first kappa shape index (κ1) is 17.3. The van der Waals surface area contributed by atoms with Crippen molar-refractivity contribution < 1.29 is 4.74 Å². The zero-order valence-electron chi connectivity index (χ0n) is 13.6. The predicted octanol–water partition coefficient (Wildman–Crippen LogP) is 4.78. The van der Waals surface area contributed by atoms with Crippen LogP contribution in [0.2, 0.25) is 5.02 Å². The minimum atomic E-state index is 0.145. The number of nitrogens with one attached hydrogen (secondary N) is 1. The maximum atomic E-state index is 6.22. The highest BCUT2D eigenvalue weighted by Gasteiger charge is 2.13. The largest absolute Gasteiger partial charge is 0.489 e. The van der Waals surface area contributed by atoms with E-state index in [0.717, 1.165) is 29.4 Å². The van der Waals surface area contributed by atoms with Gasteiger partial charge in [-0.25, -0.2) is 0 Å². The van der Waals surface area contributed by atoms with Gasteiger partial charge in [0.25, 0.3) is 0 Å². The van der Waals surface area contributed by atoms with Crippen molar-refractivity contribution in [3.8, 4) is 5.75 Å². The van der Waals surface area contributed by atoms with E-state index in [1.807, 2.05) is 13.0 Å². The molecule has 1 aromatic rings. The summed E-state index contributed by atoms with van der Waals surface area (Å²) in [6.07, 6.45) is 0.145. The molecule has 0 saturated carbocycles. The SMILES string of the molecule is Cc1cc(OC(C)CNCC(C)C)c(C(C)C)cc1Cl. The fourth-order valence-electron chi connectivity index (χ4n) is 2.06. The van der Waals surface area contributed by atoms with Crippen LogP contribution < -0.4 is 10.1 Å². The molecule has 0 spiro atoms. The van der Waals surface area contributed by atoms with E-state index in [9.17, 15) is 0 Å². The van der Waals surface area contributed by atoms with Crippen molar-refractivity contribution in [3.05, 3.63) is 28.3 Å². The van der Waals surface area contributed by atoms with E-state index >= 15 is 0 Å². The molecule has 0 amide bonds. The lowest BCUT2D eigenvalue weighted by atomic mass is 10.0. The molecule has 2 nitrogen and oxygen atoms in total. The van der Waals surface area contributed by atoms with Crippen molar-refractivity contribution in [1.82, 2.24) is 5.32 Å². The van der Waals surface area contributed by atoms with Gasteiger partial charge in [0.05, 0.1) is 0 Å². The molecular formula is C17H28ClNO. The second-order valence-electron chi connectivity index (χ2n) is 6.27. The summed E-state index contributed by atoms with van der Waals surface area (Å²) in [5.41, 5.74) is 2.24. The molecule has 1 aromatic carbocycles. The number of hydrogen-bond donors (Lipinski definition) is 1. The monoisotopic (exact) mass is 297 g/mol. The summed E-state index contributed by atoms with van der Waals surface area (Å²) in [4.78, 5) is 0. The Morgan fingerprint density at radius 1 is 1.10 bits per heavy atom. The van der Waals surface area contributed by atoms with Gasteiger partial charge in [-0.3, -0.25) is 0 Å². The minimum Gasteiger partial charge on any atom is -0.489 e. The minimum absolute atomic E-state index is 0.145. The smallest absolute Gasteiger partial charge is 0.123 e. The Balaban J connectivity index is 2.73. The fourth-order valence-corrected chi connectivity index (χ4v) is 2.23. The summed E-state index contributed by atoms with van der Waals surface area (Å²) in [5, 5.41) is 4.24. The van der Waals surface area contributed by atoms with Crippen LogP contribution in [0.25, 0.3) is 0 Å². The first-order valence-electron chi connectivity index (χ1n) is 7.48. The van der Waals surface area contributed by atoms with Crippen LogP contribution in [0.4, 0.5) is 0 Å². The van der Waals surface area contributed by atoms with Crippen molar-refractivity contribution in [1.29, 1.82) is 0 Å². The average molecular weight is 298 g/mol. The van der Waals surface area contributed by atoms with E-state index in [-0.39, 0.29) is 6.10 Å². The predicted molar refractivity (Wildman–Crippen MR) is 88.1 cm³/mol. The first-order chi connectivity index (χ1) is 9.31. The summed E-state index contributed by atoms with van der Waals surface area (Å²) in [6.45, 7) is 14.7. The molecule has 0 bridgehead atoms. The van der Waals surface area contributed by atoms with Gasteiger partial charge in [0.1, 0.15) is 11.9 Å². The Bertz CT molecular complexity index is 429. The average Bonchev–Trinajstić information content (AvgIpc) is 2.32. The van der Waals surface area contributed by atoms with Gasteiger partial charge in [0, 0.05) is 11.6 Å². The Hall–Kier alpha value is -0.730. The molecule has 3 heteroatoms. The lowest BCUT2D eigenvalue weighted by molar-refractivity contribution is 0.213. The molecule has 1 rings (SSSR count). The highest BCUT2D eigenvalue weighted by atomic mass is 35.5. The highest BCUT2D eigenvalue weighted by Crippen LogP contribution is 2.32. The van der Waals surface area contributed by atoms with Crippen LogP contribution in [-0.4, -0.2) is 19.2 Å². The van der Waals surface area contributed by atoms with E-state index < -0.39 is 0 Å². The molecular weight excluding hydrogens is 270 g/mol. The van der Waals surface area contributed by atoms with Crippen molar-refractivity contribution >= 4 is 11.6 Å². The first-order valence-corrected chi connectivity index (χ1v) is 7.86. The Kier molecular flexibility index (Phi) is 6.84. The number of rotatable bonds is 7. The molecule has 0 aliphatic heterocycles. The quantitative estimate of drug-likeness (QED) is 0.781. The molecule has 0 aliphatic rings. The van der Waals surface area contributed by atoms with Crippen LogP contribution in [0, 0.1) is 12.8 Å². The second-order valence-corrected chi connectivity index (χ2v) is 6.68. The number of ether oxygens (including phenoxy) is 1. The van der Waals surface area contributed by atoms with Crippen LogP contribution in [0.3, 0.4) is 0 Å². The van der Waals surface area contributed by atoms with E-state index in [1.165, 1.54) is 5.56 Å². The molecule has 1 atom stereocenters. The maximum Gasteiger partial charge on any atom is 0.123 e. The van der Waals surface area contributed by atoms with Crippen molar-refractivity contribution in [3.63, 3.8) is 0 Å². The van der Waals surface area contributed by atoms with Crippen molar-refractivity contribution in [2.45, 2.75) is 53.6 Å². The molecule has 0 fully saturated rings. The number of benzene rings is 1. The summed E-state index contributed by atoms with van der Waals surface area (Å²) in [6, 6.07) is 4.09. The number of hydrogen-bond acceptors (Lipinski definition) is 2. The van der Waals surface area contributed by atoms with Crippen LogP contribution in [-0.2, 0) is 0 Å². The van der Waals surface area contributed by atoms with E-state index in [4.69, 9.17) is 16.3 Å². The highest BCUT2D eigenvalue weighted by molar-refractivity contribution is 6.31. The lowest BCUT2D eigenvalue weighted by Crippen LogP contribution is -2.31. The van der Waals surface area contributed by atoms with Gasteiger partial charge >= 0.3 is 0 Å². The summed E-state index contributed by atoms with van der Waals surface area (Å²) in [5.74, 6) is 2.02. The maximum absolute atomic E-state index is 6.22. The Labute approximate surface area is 128 Å². The topological polar surface area (TPSA) is 21.3 Å². The Morgan fingerprint density at radius 3 is 2.30 bits per heavy atom. The van der Waals surface area contributed by atoms with Gasteiger partial charge in [-0.2, -0.15) is 0 Å². The molecule has 0 aromatic heterocycles. The molecule has 1 unspecified atom stereocenters. The summed E-state index contributed by atoms with van der Waals surface area (Å²) >= 11 is 6.22. The summed E-state index contributed by atoms with van der Waals surface area (Å²) < 4.78 is 6.10. The van der Waals surface area contributed by atoms with Crippen LogP contribution in [0.15, 0.2) is 12.1 Å². The number of aryl methyl sites for hydroxylation is 1. The molecule has 1 N–H and O–H groups in total. The van der Waals surface area contributed by atoms with E-state index in [0.29, 0.717) is 11.8 Å². The molecule has 20 heavy (non-hydrogen) atoms. The van der Waals surface area contributed by atoms with Gasteiger partial charge < -0.3 is 10.1 Å². The van der Waals surface area contributed by atoms with E-state index in [1.54, 1.807) is 0 Å². The molecule has 114 valence electrons. The van der Waals surface area contributed by atoms with Crippen LogP contribution in [0.1, 0.15) is 51.7 Å². The van der Waals surface area contributed by atoms with Gasteiger partial charge in [-0.05, 0) is 55.5 Å². The van der Waals surface area contributed by atoms with Crippen molar-refractivity contribution in [2.75, 3.05) is 13.1 Å². The standard InChI is InChI=1S/C17H28ClNO/c1-11(2)9-19-10-14(6)20-17-7-13(5)16(18)8-15(17)12(3)4/h7-8,11-12,14,19H,9-10H2,1-6H3. The van der Waals surface area contributed by atoms with Gasteiger partial charge in [0.2, 0.25) is 0 Å². The molecule has 0 saturated heterocycles.